The number of benzene rings is 2. The monoisotopic (exact) mass is 540 g/mol. The number of nitrogens with zero attached hydrogens (tertiary/aromatic N) is 1. The van der Waals surface area contributed by atoms with Crippen LogP contribution in [-0.2, 0) is 20.9 Å². The topological polar surface area (TPSA) is 71.0 Å². The summed E-state index contributed by atoms with van der Waals surface area (Å²) in [4.78, 5) is 14.4. The number of likely N-dealkylation sites (tertiary alicyclic amines) is 1. The number of carbonyl (C=O) groups is 1. The molecule has 35 heavy (non-hydrogen) atoms. The van der Waals surface area contributed by atoms with Crippen molar-refractivity contribution in [3.05, 3.63) is 65.2 Å². The normalized spacial score (nSPS) is 25.9. The molecule has 9 heteroatoms. The lowest BCUT2D eigenvalue weighted by molar-refractivity contribution is -0.276. The molecule has 2 aromatic rings. The van der Waals surface area contributed by atoms with E-state index in [1.165, 1.54) is 19.3 Å². The van der Waals surface area contributed by atoms with Gasteiger partial charge in [-0.25, -0.2) is 0 Å². The first-order valence-electron chi connectivity index (χ1n) is 12.0. The molecular formula is C26H31Cl3N2O4. The second-order valence-corrected chi connectivity index (χ2v) is 11.5. The SMILES string of the molecule is CC1C(CN2CCCCC2)OC(c2ccc(NC(=O)C(Cl)(Cl)Cl)cc2)OC1c1ccc(CO)cc1. The molecule has 4 rings (SSSR count). The van der Waals surface area contributed by atoms with Crippen molar-refractivity contribution < 1.29 is 19.4 Å². The molecule has 2 aliphatic heterocycles. The van der Waals surface area contributed by atoms with Gasteiger partial charge in [0.05, 0.1) is 18.8 Å². The van der Waals surface area contributed by atoms with Crippen LogP contribution in [0.25, 0.3) is 0 Å². The average Bonchev–Trinajstić information content (AvgIpc) is 2.86. The Morgan fingerprint density at radius 1 is 1.00 bits per heavy atom. The second-order valence-electron chi connectivity index (χ2n) is 9.26. The van der Waals surface area contributed by atoms with E-state index in [4.69, 9.17) is 44.3 Å². The summed E-state index contributed by atoms with van der Waals surface area (Å²) < 4.78 is 11.0. The number of hydrogen-bond acceptors (Lipinski definition) is 5. The van der Waals surface area contributed by atoms with Gasteiger partial charge in [0.1, 0.15) is 0 Å². The third kappa shape index (κ3) is 6.89. The van der Waals surface area contributed by atoms with Crippen LogP contribution >= 0.6 is 34.8 Å². The fourth-order valence-corrected chi connectivity index (χ4v) is 4.79. The summed E-state index contributed by atoms with van der Waals surface area (Å²) in [5.74, 6) is -0.585. The van der Waals surface area contributed by atoms with Crippen molar-refractivity contribution in [1.29, 1.82) is 0 Å². The summed E-state index contributed by atoms with van der Waals surface area (Å²) in [7, 11) is 0. The van der Waals surface area contributed by atoms with Crippen molar-refractivity contribution >= 4 is 46.4 Å². The Balaban J connectivity index is 1.54. The number of halogens is 3. The first-order valence-corrected chi connectivity index (χ1v) is 13.1. The lowest BCUT2D eigenvalue weighted by atomic mass is 9.89. The third-order valence-corrected chi connectivity index (χ3v) is 7.22. The molecule has 2 saturated heterocycles. The molecule has 0 spiro atoms. The van der Waals surface area contributed by atoms with E-state index < -0.39 is 16.0 Å². The zero-order valence-electron chi connectivity index (χ0n) is 19.6. The molecule has 190 valence electrons. The molecule has 0 bridgehead atoms. The maximum absolute atomic E-state index is 12.0. The average molecular weight is 542 g/mol. The number of alkyl halides is 3. The molecule has 2 N–H and O–H groups in total. The summed E-state index contributed by atoms with van der Waals surface area (Å²) >= 11 is 17.0. The Morgan fingerprint density at radius 3 is 2.23 bits per heavy atom. The van der Waals surface area contributed by atoms with Crippen LogP contribution in [-0.4, -0.2) is 45.4 Å². The zero-order valence-corrected chi connectivity index (χ0v) is 21.9. The molecule has 0 radical (unpaired) electrons. The molecule has 0 aliphatic carbocycles. The van der Waals surface area contributed by atoms with E-state index in [1.807, 2.05) is 36.4 Å². The zero-order chi connectivity index (χ0) is 25.0. The van der Waals surface area contributed by atoms with Gasteiger partial charge < -0.3 is 24.8 Å². The van der Waals surface area contributed by atoms with Gasteiger partial charge in [0, 0.05) is 23.7 Å². The highest BCUT2D eigenvalue weighted by molar-refractivity contribution is 6.76. The molecule has 0 aromatic heterocycles. The lowest BCUT2D eigenvalue weighted by Crippen LogP contribution is -2.45. The van der Waals surface area contributed by atoms with Crippen LogP contribution < -0.4 is 5.32 Å². The Labute approximate surface area is 221 Å². The van der Waals surface area contributed by atoms with Crippen LogP contribution in [0.3, 0.4) is 0 Å². The number of carbonyl (C=O) groups excluding carboxylic acids is 1. The quantitative estimate of drug-likeness (QED) is 0.455. The fraction of sp³-hybridized carbons (Fsp3) is 0.500. The Morgan fingerprint density at radius 2 is 1.63 bits per heavy atom. The van der Waals surface area contributed by atoms with Crippen molar-refractivity contribution in [1.82, 2.24) is 4.90 Å². The van der Waals surface area contributed by atoms with E-state index in [0.717, 1.165) is 36.3 Å². The molecule has 4 atom stereocenters. The highest BCUT2D eigenvalue weighted by Crippen LogP contribution is 2.42. The smallest absolute Gasteiger partial charge is 0.276 e. The number of aliphatic hydroxyl groups is 1. The molecule has 4 unspecified atom stereocenters. The van der Waals surface area contributed by atoms with Crippen molar-refractivity contribution in [3.8, 4) is 0 Å². The van der Waals surface area contributed by atoms with Crippen LogP contribution in [0, 0.1) is 5.92 Å². The van der Waals surface area contributed by atoms with Gasteiger partial charge in [0.2, 0.25) is 0 Å². The fourth-order valence-electron chi connectivity index (χ4n) is 4.65. The maximum atomic E-state index is 12.0. The van der Waals surface area contributed by atoms with E-state index in [-0.39, 0.29) is 24.7 Å². The largest absolute Gasteiger partial charge is 0.392 e. The number of hydrogen-bond donors (Lipinski definition) is 2. The minimum Gasteiger partial charge on any atom is -0.392 e. The lowest BCUT2D eigenvalue weighted by Gasteiger charge is -2.43. The number of rotatable bonds is 6. The first kappa shape index (κ1) is 26.7. The van der Waals surface area contributed by atoms with Gasteiger partial charge in [-0.3, -0.25) is 4.79 Å². The van der Waals surface area contributed by atoms with Crippen molar-refractivity contribution in [2.75, 3.05) is 25.0 Å². The number of aliphatic hydroxyl groups excluding tert-OH is 1. The second kappa shape index (κ2) is 11.8. The predicted molar refractivity (Wildman–Crippen MR) is 139 cm³/mol. The molecule has 0 saturated carbocycles. The van der Waals surface area contributed by atoms with Gasteiger partial charge in [-0.2, -0.15) is 0 Å². The highest BCUT2D eigenvalue weighted by Gasteiger charge is 2.39. The van der Waals surface area contributed by atoms with Crippen molar-refractivity contribution in [3.63, 3.8) is 0 Å². The highest BCUT2D eigenvalue weighted by atomic mass is 35.6. The molecular weight excluding hydrogens is 511 g/mol. The van der Waals surface area contributed by atoms with E-state index >= 15 is 0 Å². The number of amides is 1. The number of anilines is 1. The Kier molecular flexibility index (Phi) is 8.98. The van der Waals surface area contributed by atoms with Crippen LogP contribution in [0.4, 0.5) is 5.69 Å². The van der Waals surface area contributed by atoms with Crippen molar-refractivity contribution in [2.45, 2.75) is 55.1 Å². The molecule has 1 amide bonds. The predicted octanol–water partition coefficient (Wildman–Crippen LogP) is 5.76. The molecule has 2 heterocycles. The molecule has 2 aromatic carbocycles. The van der Waals surface area contributed by atoms with Gasteiger partial charge >= 0.3 is 0 Å². The maximum Gasteiger partial charge on any atom is 0.276 e. The standard InChI is InChI=1S/C26H31Cl3N2O4/c1-17-22(15-31-13-3-2-4-14-31)34-24(35-23(17)19-7-5-18(16-32)6-8-19)20-9-11-21(12-10-20)30-25(33)26(27,28)29/h5-12,17,22-24,32H,2-4,13-16H2,1H3,(H,30,33). The number of nitrogens with one attached hydrogen (secondary N) is 1. The van der Waals surface area contributed by atoms with Crippen LogP contribution in [0.1, 0.15) is 55.3 Å². The van der Waals surface area contributed by atoms with Gasteiger partial charge in [0.25, 0.3) is 9.70 Å². The van der Waals surface area contributed by atoms with Gasteiger partial charge in [-0.15, -0.1) is 0 Å². The minimum absolute atomic E-state index is 0.00580. The first-order chi connectivity index (χ1) is 16.7. The minimum atomic E-state index is -2.04. The van der Waals surface area contributed by atoms with Crippen LogP contribution in [0.5, 0.6) is 0 Å². The summed E-state index contributed by atoms with van der Waals surface area (Å²) in [5.41, 5.74) is 3.26. The van der Waals surface area contributed by atoms with E-state index in [1.54, 1.807) is 12.1 Å². The van der Waals surface area contributed by atoms with Gasteiger partial charge in [-0.1, -0.05) is 84.5 Å². The summed E-state index contributed by atoms with van der Waals surface area (Å²) in [5, 5.41) is 12.0. The number of piperidine rings is 1. The van der Waals surface area contributed by atoms with Crippen molar-refractivity contribution in [2.24, 2.45) is 5.92 Å². The summed E-state index contributed by atoms with van der Waals surface area (Å²) in [6, 6.07) is 15.1. The van der Waals surface area contributed by atoms with Crippen LogP contribution in [0.2, 0.25) is 0 Å². The molecule has 2 aliphatic rings. The summed E-state index contributed by atoms with van der Waals surface area (Å²) in [6.07, 6.45) is 2.97. The molecule has 2 fully saturated rings. The van der Waals surface area contributed by atoms with E-state index in [9.17, 15) is 9.90 Å². The van der Waals surface area contributed by atoms with Gasteiger partial charge in [0.15, 0.2) is 6.29 Å². The third-order valence-electron chi connectivity index (χ3n) is 6.71. The number of ether oxygens (including phenoxy) is 2. The van der Waals surface area contributed by atoms with E-state index in [0.29, 0.717) is 5.69 Å². The summed E-state index contributed by atoms with van der Waals surface area (Å²) in [6.45, 7) is 5.21. The Bertz CT molecular complexity index is 976. The van der Waals surface area contributed by atoms with Crippen LogP contribution in [0.15, 0.2) is 48.5 Å². The molecule has 6 nitrogen and oxygen atoms in total. The Hall–Kier alpha value is -1.38. The van der Waals surface area contributed by atoms with Gasteiger partial charge in [-0.05, 0) is 49.2 Å². The van der Waals surface area contributed by atoms with E-state index in [2.05, 4.69) is 17.1 Å².